The molecule has 0 radical (unpaired) electrons. The average molecular weight is 489 g/mol. The van der Waals surface area contributed by atoms with Gasteiger partial charge in [-0.15, -0.1) is 0 Å². The fourth-order valence-corrected chi connectivity index (χ4v) is 9.52. The molecule has 2 heterocycles. The topological polar surface area (TPSA) is 78.9 Å². The van der Waals surface area contributed by atoms with E-state index in [9.17, 15) is 14.4 Å². The third-order valence-electron chi connectivity index (χ3n) is 11.5. The summed E-state index contributed by atoms with van der Waals surface area (Å²) in [6, 6.07) is 0. The van der Waals surface area contributed by atoms with Crippen molar-refractivity contribution in [2.75, 3.05) is 6.61 Å². The Bertz CT molecular complexity index is 848. The van der Waals surface area contributed by atoms with Gasteiger partial charge in [0.15, 0.2) is 5.79 Å². The van der Waals surface area contributed by atoms with Crippen LogP contribution in [0.2, 0.25) is 0 Å². The van der Waals surface area contributed by atoms with Crippen molar-refractivity contribution in [2.24, 2.45) is 52.3 Å². The first-order chi connectivity index (χ1) is 16.6. The van der Waals surface area contributed by atoms with E-state index in [-0.39, 0.29) is 52.7 Å². The highest BCUT2D eigenvalue weighted by Gasteiger charge is 2.68. The molecule has 5 fully saturated rings. The third kappa shape index (κ3) is 3.84. The number of carbonyl (C=O) groups is 3. The molecular formula is C29H44O6. The lowest BCUT2D eigenvalue weighted by molar-refractivity contribution is -0.272. The fourth-order valence-electron chi connectivity index (χ4n) is 9.52. The Labute approximate surface area is 210 Å². The Morgan fingerprint density at radius 1 is 0.943 bits per heavy atom. The Balaban J connectivity index is 1.37. The summed E-state index contributed by atoms with van der Waals surface area (Å²) in [7, 11) is 0. The van der Waals surface area contributed by atoms with Gasteiger partial charge in [-0.25, -0.2) is 0 Å². The van der Waals surface area contributed by atoms with Gasteiger partial charge in [-0.05, 0) is 79.4 Å². The van der Waals surface area contributed by atoms with Crippen molar-refractivity contribution < 1.29 is 28.6 Å². The zero-order valence-corrected chi connectivity index (χ0v) is 22.2. The van der Waals surface area contributed by atoms with E-state index in [1.165, 1.54) is 13.2 Å². The van der Waals surface area contributed by atoms with Crippen LogP contribution in [0.15, 0.2) is 0 Å². The van der Waals surface area contributed by atoms with Gasteiger partial charge in [0, 0.05) is 31.1 Å². The van der Waals surface area contributed by atoms with Crippen LogP contribution >= 0.6 is 0 Å². The molecule has 1 spiro atoms. The number of rotatable bonds is 4. The first-order valence-corrected chi connectivity index (χ1v) is 14.0. The van der Waals surface area contributed by atoms with Crippen molar-refractivity contribution in [3.05, 3.63) is 0 Å². The van der Waals surface area contributed by atoms with Crippen LogP contribution in [0.4, 0.5) is 0 Å². The van der Waals surface area contributed by atoms with Gasteiger partial charge in [0.1, 0.15) is 18.7 Å². The SMILES string of the molecule is CC(=O)O[C@H]1CC[C@](C)([C@H]2CC[C@]3(C)[C@@H]4[C@H](C[C@H]3[C@@H]2C=O)O[C@]2(CCC(C)CO2)[C@H]4C)[C@@H](C=O)C1. The zero-order valence-electron chi connectivity index (χ0n) is 22.2. The molecule has 5 rings (SSSR count). The standard InChI is InChI=1S/C29H44O6/c1-17-6-11-29(33-16-17)18(2)26-25(35-29)13-24-22(15-31)23(8-10-28(24,26)5)27(4)9-7-21(34-19(3)32)12-20(27)14-30/h14-15,17-18,20-26H,6-13,16H2,1-5H3/t17?,18-,20+,21-,22+,23-,24-,25-,26-,27-,28-,29+/m0/s1. The summed E-state index contributed by atoms with van der Waals surface area (Å²) >= 11 is 0. The largest absolute Gasteiger partial charge is 0.463 e. The van der Waals surface area contributed by atoms with Crippen LogP contribution < -0.4 is 0 Å². The molecule has 0 bridgehead atoms. The van der Waals surface area contributed by atoms with Crippen molar-refractivity contribution in [3.8, 4) is 0 Å². The molecule has 3 saturated carbocycles. The minimum Gasteiger partial charge on any atom is -0.463 e. The third-order valence-corrected chi connectivity index (χ3v) is 11.5. The molecule has 5 aliphatic rings. The van der Waals surface area contributed by atoms with Crippen LogP contribution in [0.5, 0.6) is 0 Å². The lowest BCUT2D eigenvalue weighted by Gasteiger charge is -2.56. The predicted octanol–water partition coefficient (Wildman–Crippen LogP) is 4.97. The summed E-state index contributed by atoms with van der Waals surface area (Å²) in [5.74, 6) is 0.724. The van der Waals surface area contributed by atoms with E-state index in [0.717, 1.165) is 57.8 Å². The number of hydrogen-bond donors (Lipinski definition) is 0. The van der Waals surface area contributed by atoms with Gasteiger partial charge < -0.3 is 23.8 Å². The van der Waals surface area contributed by atoms with Gasteiger partial charge in [0.05, 0.1) is 12.7 Å². The van der Waals surface area contributed by atoms with Crippen molar-refractivity contribution in [3.63, 3.8) is 0 Å². The minimum atomic E-state index is -0.451. The molecular weight excluding hydrogens is 444 g/mol. The molecule has 0 N–H and O–H groups in total. The molecule has 196 valence electrons. The fraction of sp³-hybridized carbons (Fsp3) is 0.897. The molecule has 12 atom stereocenters. The second-order valence-electron chi connectivity index (χ2n) is 13.2. The van der Waals surface area contributed by atoms with Crippen molar-refractivity contribution in [1.29, 1.82) is 0 Å². The zero-order chi connectivity index (χ0) is 25.2. The number of hydrogen-bond acceptors (Lipinski definition) is 6. The Hall–Kier alpha value is -1.27. The summed E-state index contributed by atoms with van der Waals surface area (Å²) in [6.45, 7) is 11.4. The molecule has 2 saturated heterocycles. The van der Waals surface area contributed by atoms with Crippen molar-refractivity contribution >= 4 is 18.5 Å². The van der Waals surface area contributed by atoms with Crippen LogP contribution in [-0.4, -0.2) is 43.1 Å². The quantitative estimate of drug-likeness (QED) is 0.411. The predicted molar refractivity (Wildman–Crippen MR) is 130 cm³/mol. The van der Waals surface area contributed by atoms with E-state index in [4.69, 9.17) is 14.2 Å². The first kappa shape index (κ1) is 25.4. The Morgan fingerprint density at radius 3 is 2.31 bits per heavy atom. The molecule has 3 aliphatic carbocycles. The summed E-state index contributed by atoms with van der Waals surface area (Å²) in [5.41, 5.74) is -0.205. The van der Waals surface area contributed by atoms with Crippen molar-refractivity contribution in [1.82, 2.24) is 0 Å². The van der Waals surface area contributed by atoms with E-state index >= 15 is 0 Å². The average Bonchev–Trinajstić information content (AvgIpc) is 3.26. The molecule has 6 nitrogen and oxygen atoms in total. The van der Waals surface area contributed by atoms with Gasteiger partial charge in [-0.2, -0.15) is 0 Å². The molecule has 35 heavy (non-hydrogen) atoms. The number of carbonyl (C=O) groups excluding carboxylic acids is 3. The normalized spacial score (nSPS) is 53.6. The van der Waals surface area contributed by atoms with E-state index < -0.39 is 5.79 Å². The molecule has 0 aromatic rings. The highest BCUT2D eigenvalue weighted by atomic mass is 16.7. The smallest absolute Gasteiger partial charge is 0.302 e. The Kier molecular flexibility index (Phi) is 6.48. The van der Waals surface area contributed by atoms with E-state index in [0.29, 0.717) is 24.2 Å². The lowest BCUT2D eigenvalue weighted by atomic mass is 9.48. The lowest BCUT2D eigenvalue weighted by Crippen LogP contribution is -2.53. The number of ether oxygens (including phenoxy) is 3. The van der Waals surface area contributed by atoms with E-state index in [1.54, 1.807) is 0 Å². The summed E-state index contributed by atoms with van der Waals surface area (Å²) < 4.78 is 18.6. The molecule has 0 amide bonds. The maximum atomic E-state index is 12.8. The van der Waals surface area contributed by atoms with E-state index in [1.807, 2.05) is 0 Å². The summed E-state index contributed by atoms with van der Waals surface area (Å²) in [4.78, 5) is 36.5. The van der Waals surface area contributed by atoms with Crippen LogP contribution in [0.25, 0.3) is 0 Å². The van der Waals surface area contributed by atoms with Crippen LogP contribution in [0.1, 0.15) is 86.0 Å². The molecule has 6 heteroatoms. The Morgan fingerprint density at radius 2 is 1.69 bits per heavy atom. The number of esters is 1. The van der Waals surface area contributed by atoms with Gasteiger partial charge in [0.25, 0.3) is 0 Å². The van der Waals surface area contributed by atoms with Crippen LogP contribution in [0.3, 0.4) is 0 Å². The summed E-state index contributed by atoms with van der Waals surface area (Å²) in [6.07, 6.45) is 9.36. The highest BCUT2D eigenvalue weighted by molar-refractivity contribution is 5.66. The number of aldehydes is 2. The maximum absolute atomic E-state index is 12.8. The van der Waals surface area contributed by atoms with Gasteiger partial charge in [-0.1, -0.05) is 27.7 Å². The van der Waals surface area contributed by atoms with Crippen LogP contribution in [-0.2, 0) is 28.6 Å². The molecule has 2 aliphatic heterocycles. The second-order valence-corrected chi connectivity index (χ2v) is 13.2. The molecule has 1 unspecified atom stereocenters. The van der Waals surface area contributed by atoms with E-state index in [2.05, 4.69) is 27.7 Å². The van der Waals surface area contributed by atoms with Crippen molar-refractivity contribution in [2.45, 2.75) is 104 Å². The first-order valence-electron chi connectivity index (χ1n) is 14.0. The minimum absolute atomic E-state index is 0.0457. The second kappa shape index (κ2) is 8.93. The highest BCUT2D eigenvalue weighted by Crippen LogP contribution is 2.68. The molecule has 0 aromatic carbocycles. The van der Waals surface area contributed by atoms with Crippen LogP contribution in [0, 0.1) is 52.3 Å². The summed E-state index contributed by atoms with van der Waals surface area (Å²) in [5, 5.41) is 0. The number of fused-ring (bicyclic) bond motifs is 3. The van der Waals surface area contributed by atoms with Gasteiger partial charge in [0.2, 0.25) is 0 Å². The maximum Gasteiger partial charge on any atom is 0.302 e. The van der Waals surface area contributed by atoms with Gasteiger partial charge >= 0.3 is 5.97 Å². The van der Waals surface area contributed by atoms with Gasteiger partial charge in [-0.3, -0.25) is 4.79 Å². The molecule has 0 aromatic heterocycles. The monoisotopic (exact) mass is 488 g/mol.